The molecule has 2 bridgehead atoms. The zero-order chi connectivity index (χ0) is 18.4. The van der Waals surface area contributed by atoms with E-state index in [1.165, 1.54) is 0 Å². The van der Waals surface area contributed by atoms with E-state index < -0.39 is 0 Å². The molecular formula is C19H16IN5O2. The second-order valence-electron chi connectivity index (χ2n) is 6.88. The number of benzene rings is 1. The summed E-state index contributed by atoms with van der Waals surface area (Å²) in [7, 11) is 0. The Bertz CT molecular complexity index is 1030. The number of amides is 1. The summed E-state index contributed by atoms with van der Waals surface area (Å²) in [6.07, 6.45) is 2.83. The van der Waals surface area contributed by atoms with E-state index in [-0.39, 0.29) is 5.91 Å². The van der Waals surface area contributed by atoms with E-state index in [1.807, 2.05) is 34.9 Å². The van der Waals surface area contributed by atoms with E-state index in [0.717, 1.165) is 16.5 Å². The summed E-state index contributed by atoms with van der Waals surface area (Å²) in [6.45, 7) is 1.45. The number of nitrogens with one attached hydrogen (secondary N) is 1. The normalized spacial score (nSPS) is 21.0. The molecule has 2 atom stereocenters. The first-order valence-corrected chi connectivity index (χ1v) is 9.84. The third-order valence-corrected chi connectivity index (χ3v) is 5.65. The Morgan fingerprint density at radius 1 is 1.22 bits per heavy atom. The Hall–Kier alpha value is -2.49. The molecule has 7 nitrogen and oxygen atoms in total. The average Bonchev–Trinajstić information content (AvgIpc) is 3.23. The zero-order valence-electron chi connectivity index (χ0n) is 14.3. The van der Waals surface area contributed by atoms with Gasteiger partial charge in [-0.15, -0.1) is 10.2 Å². The minimum Gasteiger partial charge on any atom is -0.492 e. The Balaban J connectivity index is 1.58. The molecule has 1 amide bonds. The van der Waals surface area contributed by atoms with E-state index in [0.29, 0.717) is 47.1 Å². The first kappa shape index (κ1) is 16.7. The summed E-state index contributed by atoms with van der Waals surface area (Å²) in [5, 5.41) is 11.1. The Labute approximate surface area is 169 Å². The summed E-state index contributed by atoms with van der Waals surface area (Å²) < 4.78 is 9.02. The fourth-order valence-corrected chi connectivity index (χ4v) is 3.88. The van der Waals surface area contributed by atoms with Crippen LogP contribution < -0.4 is 10.1 Å². The van der Waals surface area contributed by atoms with Gasteiger partial charge < -0.3 is 14.6 Å². The zero-order valence-corrected chi connectivity index (χ0v) is 16.5. The number of aromatic nitrogens is 4. The molecule has 0 radical (unpaired) electrons. The van der Waals surface area contributed by atoms with Crippen molar-refractivity contribution in [1.82, 2.24) is 19.7 Å². The van der Waals surface area contributed by atoms with E-state index in [4.69, 9.17) is 4.74 Å². The van der Waals surface area contributed by atoms with Crippen molar-refractivity contribution in [3.63, 3.8) is 0 Å². The standard InChI is InChI=1S/C19H16IN5O2/c20-13-4-5-16-14(7-13)19(26)23-17-3-1-2-15(22-17)18-24-21-10-25(18)8-11-6-12(11)9-27-16/h1-5,7,10-12H,6,8-9H2,(H,22,23,26). The molecule has 3 heterocycles. The maximum atomic E-state index is 12.9. The van der Waals surface area contributed by atoms with Crippen LogP contribution in [0.4, 0.5) is 5.82 Å². The van der Waals surface area contributed by atoms with Crippen LogP contribution in [-0.2, 0) is 6.54 Å². The SMILES string of the molecule is O=C1Nc2cccc(n2)-c2nncn2CC2CC2COc2ccc(I)cc21. The van der Waals surface area contributed by atoms with Gasteiger partial charge >= 0.3 is 0 Å². The van der Waals surface area contributed by atoms with Gasteiger partial charge in [-0.1, -0.05) is 6.07 Å². The van der Waals surface area contributed by atoms with Crippen LogP contribution in [0.5, 0.6) is 5.75 Å². The lowest BCUT2D eigenvalue weighted by Gasteiger charge is -2.14. The number of ether oxygens (including phenoxy) is 1. The molecule has 136 valence electrons. The highest BCUT2D eigenvalue weighted by Crippen LogP contribution is 2.41. The molecular weight excluding hydrogens is 457 g/mol. The summed E-state index contributed by atoms with van der Waals surface area (Å²) >= 11 is 2.19. The number of fused-ring (bicyclic) bond motifs is 6. The van der Waals surface area contributed by atoms with Gasteiger partial charge in [0.05, 0.1) is 12.2 Å². The fraction of sp³-hybridized carbons (Fsp3) is 0.263. The maximum absolute atomic E-state index is 12.9. The number of rotatable bonds is 0. The molecule has 0 spiro atoms. The fourth-order valence-electron chi connectivity index (χ4n) is 3.39. The molecule has 2 aromatic heterocycles. The van der Waals surface area contributed by atoms with Crippen LogP contribution in [-0.4, -0.2) is 32.3 Å². The molecule has 8 heteroatoms. The highest BCUT2D eigenvalue weighted by Gasteiger charge is 2.38. The number of halogens is 1. The lowest BCUT2D eigenvalue weighted by atomic mass is 10.2. The second-order valence-corrected chi connectivity index (χ2v) is 8.12. The van der Waals surface area contributed by atoms with Crippen molar-refractivity contribution in [2.45, 2.75) is 13.0 Å². The molecule has 5 rings (SSSR count). The van der Waals surface area contributed by atoms with Gasteiger partial charge in [-0.3, -0.25) is 4.79 Å². The number of hydrogen-bond acceptors (Lipinski definition) is 5. The van der Waals surface area contributed by atoms with E-state index in [2.05, 4.69) is 43.1 Å². The van der Waals surface area contributed by atoms with Crippen LogP contribution in [0.25, 0.3) is 11.5 Å². The van der Waals surface area contributed by atoms with Crippen LogP contribution in [0.3, 0.4) is 0 Å². The second kappa shape index (κ2) is 6.59. The van der Waals surface area contributed by atoms with Gasteiger partial charge in [0.25, 0.3) is 5.91 Å². The average molecular weight is 473 g/mol. The van der Waals surface area contributed by atoms with E-state index in [9.17, 15) is 4.79 Å². The molecule has 0 saturated heterocycles. The summed E-state index contributed by atoms with van der Waals surface area (Å²) in [4.78, 5) is 17.4. The molecule has 2 unspecified atom stereocenters. The van der Waals surface area contributed by atoms with Gasteiger partial charge in [0, 0.05) is 10.1 Å². The molecule has 1 N–H and O–H groups in total. The first-order chi connectivity index (χ1) is 13.2. The Morgan fingerprint density at radius 2 is 2.15 bits per heavy atom. The van der Waals surface area contributed by atoms with Gasteiger partial charge in [0.1, 0.15) is 23.6 Å². The molecule has 2 aliphatic rings. The van der Waals surface area contributed by atoms with Crippen LogP contribution in [0.1, 0.15) is 16.8 Å². The van der Waals surface area contributed by atoms with Crippen LogP contribution in [0.15, 0.2) is 42.7 Å². The number of pyridine rings is 1. The van der Waals surface area contributed by atoms with Crippen molar-refractivity contribution < 1.29 is 9.53 Å². The Morgan fingerprint density at radius 3 is 3.07 bits per heavy atom. The third-order valence-electron chi connectivity index (χ3n) is 4.97. The van der Waals surface area contributed by atoms with Gasteiger partial charge in [-0.2, -0.15) is 0 Å². The minimum absolute atomic E-state index is 0.237. The predicted molar refractivity (Wildman–Crippen MR) is 107 cm³/mol. The Kier molecular flexibility index (Phi) is 4.07. The number of nitrogens with zero attached hydrogens (tertiary/aromatic N) is 4. The summed E-state index contributed by atoms with van der Waals surface area (Å²) in [6, 6.07) is 11.1. The number of carbonyl (C=O) groups excluding carboxylic acids is 1. The van der Waals surface area contributed by atoms with Crippen LogP contribution >= 0.6 is 22.6 Å². The van der Waals surface area contributed by atoms with Crippen molar-refractivity contribution in [2.75, 3.05) is 11.9 Å². The molecule has 3 aromatic rings. The lowest BCUT2D eigenvalue weighted by molar-refractivity contribution is 0.102. The van der Waals surface area contributed by atoms with Crippen molar-refractivity contribution in [3.05, 3.63) is 51.9 Å². The predicted octanol–water partition coefficient (Wildman–Crippen LogP) is 3.23. The molecule has 1 aliphatic heterocycles. The van der Waals surface area contributed by atoms with Crippen molar-refractivity contribution in [2.24, 2.45) is 11.8 Å². The summed E-state index contributed by atoms with van der Waals surface area (Å²) in [5.74, 6) is 2.54. The van der Waals surface area contributed by atoms with Gasteiger partial charge in [-0.25, -0.2) is 4.98 Å². The first-order valence-electron chi connectivity index (χ1n) is 8.76. The number of anilines is 1. The lowest BCUT2D eigenvalue weighted by Crippen LogP contribution is -2.16. The quantitative estimate of drug-likeness (QED) is 0.508. The van der Waals surface area contributed by atoms with E-state index >= 15 is 0 Å². The van der Waals surface area contributed by atoms with Crippen LogP contribution in [0.2, 0.25) is 0 Å². The summed E-state index contributed by atoms with van der Waals surface area (Å²) in [5.41, 5.74) is 1.21. The van der Waals surface area contributed by atoms with Crippen molar-refractivity contribution in [3.8, 4) is 17.3 Å². The highest BCUT2D eigenvalue weighted by atomic mass is 127. The molecule has 27 heavy (non-hydrogen) atoms. The van der Waals surface area contributed by atoms with Crippen LogP contribution in [0, 0.1) is 15.4 Å². The molecule has 1 saturated carbocycles. The van der Waals surface area contributed by atoms with Gasteiger partial charge in [0.2, 0.25) is 0 Å². The highest BCUT2D eigenvalue weighted by molar-refractivity contribution is 14.1. The van der Waals surface area contributed by atoms with Gasteiger partial charge in [0.15, 0.2) is 5.82 Å². The molecule has 1 aliphatic carbocycles. The smallest absolute Gasteiger partial charge is 0.260 e. The van der Waals surface area contributed by atoms with Crippen molar-refractivity contribution in [1.29, 1.82) is 0 Å². The van der Waals surface area contributed by atoms with Crippen molar-refractivity contribution >= 4 is 34.3 Å². The molecule has 1 fully saturated rings. The minimum atomic E-state index is -0.237. The molecule has 1 aromatic carbocycles. The topological polar surface area (TPSA) is 81.9 Å². The van der Waals surface area contributed by atoms with Gasteiger partial charge in [-0.05, 0) is 71.2 Å². The maximum Gasteiger partial charge on any atom is 0.260 e. The number of hydrogen-bond donors (Lipinski definition) is 1. The van der Waals surface area contributed by atoms with E-state index in [1.54, 1.807) is 12.4 Å². The monoisotopic (exact) mass is 473 g/mol. The third kappa shape index (κ3) is 3.29. The number of carbonyl (C=O) groups is 1. The largest absolute Gasteiger partial charge is 0.492 e.